The lowest BCUT2D eigenvalue weighted by molar-refractivity contribution is 0.0698. The van der Waals surface area contributed by atoms with Gasteiger partial charge in [-0.2, -0.15) is 0 Å². The van der Waals surface area contributed by atoms with E-state index in [9.17, 15) is 13.2 Å². The average Bonchev–Trinajstić information content (AvgIpc) is 2.15. The summed E-state index contributed by atoms with van der Waals surface area (Å²) in [4.78, 5) is 11.0. The molecule has 0 unspecified atom stereocenters. The van der Waals surface area contributed by atoms with E-state index >= 15 is 0 Å². The summed E-state index contributed by atoms with van der Waals surface area (Å²) in [5.41, 5.74) is -0.257. The van der Waals surface area contributed by atoms with Crippen LogP contribution < -0.4 is 4.72 Å². The normalized spacial score (nSPS) is 11.2. The zero-order chi connectivity index (χ0) is 13.1. The predicted octanol–water partition coefficient (Wildman–Crippen LogP) is 2.19. The number of benzene rings is 1. The fourth-order valence-corrected chi connectivity index (χ4v) is 2.71. The quantitative estimate of drug-likeness (QED) is 0.864. The minimum atomic E-state index is -3.53. The molecule has 0 aromatic heterocycles. The number of hydrogen-bond acceptors (Lipinski definition) is 3. The Balaban J connectivity index is 3.16. The molecule has 17 heavy (non-hydrogen) atoms. The van der Waals surface area contributed by atoms with Gasteiger partial charge in [-0.25, -0.2) is 13.2 Å². The molecule has 0 radical (unpaired) electrons. The van der Waals surface area contributed by atoms with Crippen LogP contribution in [0.15, 0.2) is 18.2 Å². The van der Waals surface area contributed by atoms with Crippen molar-refractivity contribution >= 4 is 33.3 Å². The summed E-state index contributed by atoms with van der Waals surface area (Å²) < 4.78 is 25.3. The Morgan fingerprint density at radius 1 is 1.47 bits per heavy atom. The molecule has 0 amide bonds. The highest BCUT2D eigenvalue weighted by Crippen LogP contribution is 2.25. The number of halogens is 1. The van der Waals surface area contributed by atoms with Crippen LogP contribution in [0.4, 0.5) is 5.69 Å². The maximum Gasteiger partial charge on any atom is 0.339 e. The summed E-state index contributed by atoms with van der Waals surface area (Å²) in [6, 6.07) is 4.24. The van der Waals surface area contributed by atoms with Gasteiger partial charge < -0.3 is 5.11 Å². The summed E-state index contributed by atoms with van der Waals surface area (Å²) in [6.45, 7) is 1.72. The molecule has 0 bridgehead atoms. The van der Waals surface area contributed by atoms with Gasteiger partial charge in [0.25, 0.3) is 0 Å². The van der Waals surface area contributed by atoms with Crippen molar-refractivity contribution in [3.05, 3.63) is 28.8 Å². The zero-order valence-corrected chi connectivity index (χ0v) is 10.7. The van der Waals surface area contributed by atoms with Crippen LogP contribution in [0.2, 0.25) is 5.02 Å². The van der Waals surface area contributed by atoms with Gasteiger partial charge in [0.1, 0.15) is 5.56 Å². The molecular formula is C10H12ClNO4S. The van der Waals surface area contributed by atoms with Crippen LogP contribution in [0.5, 0.6) is 0 Å². The van der Waals surface area contributed by atoms with E-state index < -0.39 is 16.0 Å². The van der Waals surface area contributed by atoms with Crippen molar-refractivity contribution in [1.29, 1.82) is 0 Å². The molecule has 5 nitrogen and oxygen atoms in total. The van der Waals surface area contributed by atoms with Crippen molar-refractivity contribution in [1.82, 2.24) is 0 Å². The highest BCUT2D eigenvalue weighted by Gasteiger charge is 2.18. The van der Waals surface area contributed by atoms with E-state index in [-0.39, 0.29) is 22.0 Å². The van der Waals surface area contributed by atoms with E-state index in [1.807, 2.05) is 0 Å². The van der Waals surface area contributed by atoms with Gasteiger partial charge in [0.05, 0.1) is 16.5 Å². The van der Waals surface area contributed by atoms with Gasteiger partial charge in [-0.05, 0) is 18.6 Å². The highest BCUT2D eigenvalue weighted by molar-refractivity contribution is 7.92. The molecule has 0 spiro atoms. The second-order valence-corrected chi connectivity index (χ2v) is 5.64. The van der Waals surface area contributed by atoms with E-state index in [1.54, 1.807) is 6.92 Å². The first-order chi connectivity index (χ1) is 7.87. The van der Waals surface area contributed by atoms with Crippen LogP contribution in [0, 0.1) is 0 Å². The Hall–Kier alpha value is -1.27. The van der Waals surface area contributed by atoms with Crippen LogP contribution in [0.1, 0.15) is 23.7 Å². The second kappa shape index (κ2) is 5.37. The van der Waals surface area contributed by atoms with Gasteiger partial charge in [0.15, 0.2) is 0 Å². The maximum absolute atomic E-state index is 11.5. The van der Waals surface area contributed by atoms with Gasteiger partial charge in [-0.15, -0.1) is 0 Å². The number of rotatable bonds is 5. The van der Waals surface area contributed by atoms with Crippen molar-refractivity contribution in [3.63, 3.8) is 0 Å². The number of hydrogen-bond donors (Lipinski definition) is 2. The lowest BCUT2D eigenvalue weighted by atomic mass is 10.2. The van der Waals surface area contributed by atoms with E-state index in [1.165, 1.54) is 18.2 Å². The lowest BCUT2D eigenvalue weighted by Crippen LogP contribution is -2.18. The first kappa shape index (κ1) is 13.8. The largest absolute Gasteiger partial charge is 0.478 e. The Morgan fingerprint density at radius 2 is 2.12 bits per heavy atom. The minimum Gasteiger partial charge on any atom is -0.478 e. The molecule has 1 aromatic carbocycles. The summed E-state index contributed by atoms with van der Waals surface area (Å²) in [5.74, 6) is -1.34. The molecule has 7 heteroatoms. The second-order valence-electron chi connectivity index (χ2n) is 3.39. The number of aromatic carboxylic acids is 1. The molecule has 2 N–H and O–H groups in total. The number of carboxylic acid groups (broad SMARTS) is 1. The van der Waals surface area contributed by atoms with E-state index in [4.69, 9.17) is 16.7 Å². The van der Waals surface area contributed by atoms with Crippen molar-refractivity contribution < 1.29 is 18.3 Å². The van der Waals surface area contributed by atoms with E-state index in [0.29, 0.717) is 6.42 Å². The van der Waals surface area contributed by atoms with Crippen LogP contribution in [0.25, 0.3) is 0 Å². The third kappa shape index (κ3) is 3.61. The minimum absolute atomic E-state index is 0.00537. The summed E-state index contributed by atoms with van der Waals surface area (Å²) in [6.07, 6.45) is 0.443. The number of carboxylic acids is 1. The van der Waals surface area contributed by atoms with Gasteiger partial charge in [-0.3, -0.25) is 4.72 Å². The molecule has 0 saturated carbocycles. The SMILES string of the molecule is CCCS(=O)(=O)Nc1cccc(Cl)c1C(=O)O. The Kier molecular flexibility index (Phi) is 4.36. The Labute approximate surface area is 104 Å². The summed E-state index contributed by atoms with van der Waals surface area (Å²) in [5, 5.41) is 8.95. The predicted molar refractivity (Wildman–Crippen MR) is 66.1 cm³/mol. The zero-order valence-electron chi connectivity index (χ0n) is 9.10. The fourth-order valence-electron chi connectivity index (χ4n) is 1.31. The standard InChI is InChI=1S/C10H12ClNO4S/c1-2-6-17(15,16)12-8-5-3-4-7(11)9(8)10(13)14/h3-5,12H,2,6H2,1H3,(H,13,14). The number of anilines is 1. The molecule has 0 aliphatic carbocycles. The smallest absolute Gasteiger partial charge is 0.339 e. The van der Waals surface area contributed by atoms with Crippen LogP contribution in [-0.4, -0.2) is 25.2 Å². The van der Waals surface area contributed by atoms with E-state index in [0.717, 1.165) is 0 Å². The molecule has 0 aliphatic rings. The summed E-state index contributed by atoms with van der Waals surface area (Å²) >= 11 is 5.71. The monoisotopic (exact) mass is 277 g/mol. The molecule has 94 valence electrons. The maximum atomic E-state index is 11.5. The van der Waals surface area contributed by atoms with Crippen molar-refractivity contribution in [2.45, 2.75) is 13.3 Å². The molecule has 0 fully saturated rings. The molecule has 1 aromatic rings. The van der Waals surface area contributed by atoms with Crippen LogP contribution >= 0.6 is 11.6 Å². The average molecular weight is 278 g/mol. The van der Waals surface area contributed by atoms with E-state index in [2.05, 4.69) is 4.72 Å². The highest BCUT2D eigenvalue weighted by atomic mass is 35.5. The third-order valence-electron chi connectivity index (χ3n) is 1.97. The molecule has 0 atom stereocenters. The Bertz CT molecular complexity index is 527. The van der Waals surface area contributed by atoms with Crippen molar-refractivity contribution in [2.24, 2.45) is 0 Å². The first-order valence-electron chi connectivity index (χ1n) is 4.89. The van der Waals surface area contributed by atoms with Gasteiger partial charge >= 0.3 is 5.97 Å². The molecule has 0 aliphatic heterocycles. The van der Waals surface area contributed by atoms with Gasteiger partial charge in [0.2, 0.25) is 10.0 Å². The van der Waals surface area contributed by atoms with Crippen LogP contribution in [-0.2, 0) is 10.0 Å². The number of sulfonamides is 1. The van der Waals surface area contributed by atoms with Gasteiger partial charge in [0, 0.05) is 0 Å². The molecule has 0 saturated heterocycles. The lowest BCUT2D eigenvalue weighted by Gasteiger charge is -2.10. The molecular weight excluding hydrogens is 266 g/mol. The van der Waals surface area contributed by atoms with Gasteiger partial charge in [-0.1, -0.05) is 24.6 Å². The van der Waals surface area contributed by atoms with Crippen LogP contribution in [0.3, 0.4) is 0 Å². The fraction of sp³-hybridized carbons (Fsp3) is 0.300. The topological polar surface area (TPSA) is 83.5 Å². The number of carbonyl (C=O) groups is 1. The first-order valence-corrected chi connectivity index (χ1v) is 6.92. The third-order valence-corrected chi connectivity index (χ3v) is 3.76. The Morgan fingerprint density at radius 3 is 2.65 bits per heavy atom. The number of nitrogens with one attached hydrogen (secondary N) is 1. The summed E-state index contributed by atoms with van der Waals surface area (Å²) in [7, 11) is -3.53. The van der Waals surface area contributed by atoms with Crippen molar-refractivity contribution in [2.75, 3.05) is 10.5 Å². The molecule has 0 heterocycles. The molecule has 1 rings (SSSR count). The van der Waals surface area contributed by atoms with Crippen molar-refractivity contribution in [3.8, 4) is 0 Å².